The van der Waals surface area contributed by atoms with Gasteiger partial charge in [-0.15, -0.1) is 0 Å². The van der Waals surface area contributed by atoms with Crippen molar-refractivity contribution in [2.75, 3.05) is 33.2 Å². The molecule has 0 saturated carbocycles. The second-order valence-electron chi connectivity index (χ2n) is 5.43. The molecule has 2 saturated heterocycles. The lowest BCUT2D eigenvalue weighted by molar-refractivity contribution is -0.133. The number of amides is 2. The van der Waals surface area contributed by atoms with Gasteiger partial charge in [-0.05, 0) is 32.4 Å². The second-order valence-corrected chi connectivity index (χ2v) is 5.43. The third-order valence-corrected chi connectivity index (χ3v) is 3.93. The van der Waals surface area contributed by atoms with Crippen LogP contribution < -0.4 is 10.6 Å². The van der Waals surface area contributed by atoms with E-state index in [-0.39, 0.29) is 11.8 Å². The van der Waals surface area contributed by atoms with Gasteiger partial charge in [0.2, 0.25) is 11.8 Å². The molecule has 0 bridgehead atoms. The highest BCUT2D eigenvalue weighted by Crippen LogP contribution is 2.30. The Bertz CT molecular complexity index is 328. The molecule has 1 atom stereocenters. The monoisotopic (exact) mass is 239 g/mol. The topological polar surface area (TPSA) is 61.4 Å². The quantitative estimate of drug-likeness (QED) is 0.703. The van der Waals surface area contributed by atoms with E-state index < -0.39 is 5.41 Å². The van der Waals surface area contributed by atoms with Gasteiger partial charge in [0.05, 0.1) is 5.41 Å². The highest BCUT2D eigenvalue weighted by atomic mass is 16.2. The van der Waals surface area contributed by atoms with Crippen LogP contribution in [0.2, 0.25) is 0 Å². The van der Waals surface area contributed by atoms with Crippen LogP contribution in [0.15, 0.2) is 0 Å². The number of rotatable bonds is 3. The third kappa shape index (κ3) is 2.44. The zero-order valence-electron chi connectivity index (χ0n) is 10.6. The molecule has 0 radical (unpaired) electrons. The number of nitrogens with zero attached hydrogens (tertiary/aromatic N) is 1. The van der Waals surface area contributed by atoms with Crippen molar-refractivity contribution in [3.63, 3.8) is 0 Å². The first kappa shape index (κ1) is 12.4. The maximum Gasteiger partial charge on any atom is 0.227 e. The largest absolute Gasteiger partial charge is 0.359 e. The number of carbonyl (C=O) groups is 2. The van der Waals surface area contributed by atoms with Crippen molar-refractivity contribution in [1.82, 2.24) is 15.5 Å². The number of hydrogen-bond donors (Lipinski definition) is 2. The minimum Gasteiger partial charge on any atom is -0.359 e. The molecule has 2 aliphatic heterocycles. The van der Waals surface area contributed by atoms with Crippen LogP contribution in [0.25, 0.3) is 0 Å². The summed E-state index contributed by atoms with van der Waals surface area (Å²) in [6.45, 7) is 5.11. The van der Waals surface area contributed by atoms with Gasteiger partial charge in [0.1, 0.15) is 0 Å². The highest BCUT2D eigenvalue weighted by Gasteiger charge is 2.41. The van der Waals surface area contributed by atoms with Gasteiger partial charge < -0.3 is 15.5 Å². The summed E-state index contributed by atoms with van der Waals surface area (Å²) in [6, 6.07) is 0. The fourth-order valence-corrected chi connectivity index (χ4v) is 2.53. The van der Waals surface area contributed by atoms with Crippen LogP contribution in [-0.2, 0) is 9.59 Å². The first-order chi connectivity index (χ1) is 8.05. The van der Waals surface area contributed by atoms with Crippen molar-refractivity contribution in [2.45, 2.75) is 19.8 Å². The number of nitrogens with one attached hydrogen (secondary N) is 2. The minimum atomic E-state index is -0.401. The summed E-state index contributed by atoms with van der Waals surface area (Å²) in [4.78, 5) is 25.6. The molecule has 2 fully saturated rings. The molecule has 2 N–H and O–H groups in total. The van der Waals surface area contributed by atoms with E-state index in [0.717, 1.165) is 19.5 Å². The molecule has 0 aromatic rings. The molecule has 1 unspecified atom stereocenters. The Balaban J connectivity index is 1.88. The van der Waals surface area contributed by atoms with Crippen molar-refractivity contribution in [1.29, 1.82) is 0 Å². The molecule has 0 spiro atoms. The number of hydrogen-bond acceptors (Lipinski definition) is 3. The van der Waals surface area contributed by atoms with E-state index in [0.29, 0.717) is 25.4 Å². The van der Waals surface area contributed by atoms with E-state index in [1.165, 1.54) is 0 Å². The standard InChI is InChI=1S/C12H21N3O2/c1-12(11(17)13-2)3-4-15(8-12)10(16)5-9-6-14-7-9/h9,14H,3-8H2,1-2H3,(H,13,17). The van der Waals surface area contributed by atoms with Crippen LogP contribution in [-0.4, -0.2) is 49.9 Å². The van der Waals surface area contributed by atoms with Crippen molar-refractivity contribution in [3.05, 3.63) is 0 Å². The molecule has 0 aromatic carbocycles. The Hall–Kier alpha value is -1.10. The van der Waals surface area contributed by atoms with Gasteiger partial charge in [-0.1, -0.05) is 0 Å². The second kappa shape index (κ2) is 4.64. The first-order valence-electron chi connectivity index (χ1n) is 6.26. The molecule has 0 aromatic heterocycles. The lowest BCUT2D eigenvalue weighted by atomic mass is 9.89. The summed E-state index contributed by atoms with van der Waals surface area (Å²) < 4.78 is 0. The Morgan fingerprint density at radius 1 is 1.47 bits per heavy atom. The smallest absolute Gasteiger partial charge is 0.227 e. The maximum atomic E-state index is 12.0. The maximum absolute atomic E-state index is 12.0. The van der Waals surface area contributed by atoms with Crippen molar-refractivity contribution < 1.29 is 9.59 Å². The third-order valence-electron chi connectivity index (χ3n) is 3.93. The van der Waals surface area contributed by atoms with Crippen LogP contribution in [0.4, 0.5) is 0 Å². The molecule has 2 amide bonds. The Morgan fingerprint density at radius 3 is 2.71 bits per heavy atom. The Labute approximate surface area is 102 Å². The predicted molar refractivity (Wildman–Crippen MR) is 64.3 cm³/mol. The van der Waals surface area contributed by atoms with E-state index in [9.17, 15) is 9.59 Å². The average Bonchev–Trinajstić information content (AvgIpc) is 2.66. The van der Waals surface area contributed by atoms with Crippen molar-refractivity contribution in [3.8, 4) is 0 Å². The summed E-state index contributed by atoms with van der Waals surface area (Å²) in [6.07, 6.45) is 1.39. The SMILES string of the molecule is CNC(=O)C1(C)CCN(C(=O)CC2CNC2)C1. The Kier molecular flexibility index (Phi) is 3.38. The fourth-order valence-electron chi connectivity index (χ4n) is 2.53. The predicted octanol–water partition coefficient (Wildman–Crippen LogP) is -0.419. The first-order valence-corrected chi connectivity index (χ1v) is 6.26. The Morgan fingerprint density at radius 2 is 2.18 bits per heavy atom. The zero-order chi connectivity index (χ0) is 12.5. The number of carbonyl (C=O) groups excluding carboxylic acids is 2. The van der Waals surface area contributed by atoms with Gasteiger partial charge in [0.25, 0.3) is 0 Å². The highest BCUT2D eigenvalue weighted by molar-refractivity contribution is 5.84. The summed E-state index contributed by atoms with van der Waals surface area (Å²) >= 11 is 0. The van der Waals surface area contributed by atoms with Gasteiger partial charge in [0.15, 0.2) is 0 Å². The lowest BCUT2D eigenvalue weighted by Gasteiger charge is -2.29. The van der Waals surface area contributed by atoms with Gasteiger partial charge in [-0.2, -0.15) is 0 Å². The van der Waals surface area contributed by atoms with Gasteiger partial charge in [-0.25, -0.2) is 0 Å². The molecule has 5 heteroatoms. The van der Waals surface area contributed by atoms with Crippen LogP contribution in [0.1, 0.15) is 19.8 Å². The molecule has 5 nitrogen and oxygen atoms in total. The molecular formula is C12H21N3O2. The average molecular weight is 239 g/mol. The lowest BCUT2D eigenvalue weighted by Crippen LogP contribution is -2.45. The molecule has 96 valence electrons. The van der Waals surface area contributed by atoms with E-state index in [1.807, 2.05) is 11.8 Å². The summed E-state index contributed by atoms with van der Waals surface area (Å²) in [5.74, 6) is 0.733. The van der Waals surface area contributed by atoms with Crippen molar-refractivity contribution >= 4 is 11.8 Å². The molecule has 0 aliphatic carbocycles. The summed E-state index contributed by atoms with van der Waals surface area (Å²) in [5, 5.41) is 5.85. The molecular weight excluding hydrogens is 218 g/mol. The van der Waals surface area contributed by atoms with Crippen molar-refractivity contribution in [2.24, 2.45) is 11.3 Å². The fraction of sp³-hybridized carbons (Fsp3) is 0.833. The summed E-state index contributed by atoms with van der Waals surface area (Å²) in [7, 11) is 1.65. The number of likely N-dealkylation sites (tertiary alicyclic amines) is 1. The zero-order valence-corrected chi connectivity index (χ0v) is 10.6. The molecule has 2 aliphatic rings. The van der Waals surface area contributed by atoms with E-state index >= 15 is 0 Å². The van der Waals surface area contributed by atoms with E-state index in [4.69, 9.17) is 0 Å². The molecule has 17 heavy (non-hydrogen) atoms. The van der Waals surface area contributed by atoms with E-state index in [1.54, 1.807) is 7.05 Å². The van der Waals surface area contributed by atoms with Crippen LogP contribution in [0.5, 0.6) is 0 Å². The summed E-state index contributed by atoms with van der Waals surface area (Å²) in [5.41, 5.74) is -0.401. The normalized spacial score (nSPS) is 28.9. The van der Waals surface area contributed by atoms with E-state index in [2.05, 4.69) is 10.6 Å². The van der Waals surface area contributed by atoms with Gasteiger partial charge in [0, 0.05) is 26.6 Å². The van der Waals surface area contributed by atoms with Crippen LogP contribution >= 0.6 is 0 Å². The molecule has 2 heterocycles. The van der Waals surface area contributed by atoms with Crippen LogP contribution in [0, 0.1) is 11.3 Å². The van der Waals surface area contributed by atoms with Gasteiger partial charge >= 0.3 is 0 Å². The van der Waals surface area contributed by atoms with Gasteiger partial charge in [-0.3, -0.25) is 9.59 Å². The van der Waals surface area contributed by atoms with Crippen LogP contribution in [0.3, 0.4) is 0 Å². The molecule has 2 rings (SSSR count). The minimum absolute atomic E-state index is 0.0399.